The van der Waals surface area contributed by atoms with E-state index in [9.17, 15) is 4.79 Å². The number of amides is 1. The molecule has 0 atom stereocenters. The van der Waals surface area contributed by atoms with Crippen LogP contribution >= 0.6 is 0 Å². The maximum Gasteiger partial charge on any atom is 0.228 e. The van der Waals surface area contributed by atoms with E-state index in [4.69, 9.17) is 9.47 Å². The van der Waals surface area contributed by atoms with Crippen LogP contribution in [0.1, 0.15) is 16.7 Å². The van der Waals surface area contributed by atoms with Crippen LogP contribution in [0.2, 0.25) is 0 Å². The fourth-order valence-corrected chi connectivity index (χ4v) is 2.85. The van der Waals surface area contributed by atoms with E-state index in [2.05, 4.69) is 46.8 Å². The summed E-state index contributed by atoms with van der Waals surface area (Å²) >= 11 is 0. The fourth-order valence-electron chi connectivity index (χ4n) is 2.85. The number of nitrogens with zero attached hydrogens (tertiary/aromatic N) is 1. The molecule has 29 heavy (non-hydrogen) atoms. The minimum absolute atomic E-state index is 0.126. The van der Waals surface area contributed by atoms with Gasteiger partial charge in [0.05, 0.1) is 32.5 Å². The van der Waals surface area contributed by atoms with E-state index in [0.717, 1.165) is 11.4 Å². The molecule has 2 aromatic carbocycles. The van der Waals surface area contributed by atoms with Crippen molar-refractivity contribution in [3.8, 4) is 11.5 Å². The molecule has 0 aliphatic rings. The van der Waals surface area contributed by atoms with E-state index in [-0.39, 0.29) is 12.3 Å². The minimum atomic E-state index is -0.126. The molecule has 3 rings (SSSR count). The number of aryl methyl sites for hydroxylation is 1. The molecule has 2 N–H and O–H groups in total. The molecule has 1 heterocycles. The van der Waals surface area contributed by atoms with Crippen molar-refractivity contribution < 1.29 is 14.3 Å². The molecule has 0 bridgehead atoms. The lowest BCUT2D eigenvalue weighted by Crippen LogP contribution is -2.14. The summed E-state index contributed by atoms with van der Waals surface area (Å²) in [6.45, 7) is 2.76. The number of methoxy groups -OCH3 is 2. The van der Waals surface area contributed by atoms with Crippen molar-refractivity contribution in [3.05, 3.63) is 77.5 Å². The Bertz CT molecular complexity index is 954. The van der Waals surface area contributed by atoms with Gasteiger partial charge in [0.2, 0.25) is 5.91 Å². The van der Waals surface area contributed by atoms with Crippen LogP contribution in [-0.4, -0.2) is 25.1 Å². The molecule has 1 amide bonds. The quantitative estimate of drug-likeness (QED) is 0.602. The van der Waals surface area contributed by atoms with Gasteiger partial charge in [0.25, 0.3) is 0 Å². The van der Waals surface area contributed by atoms with Crippen LogP contribution in [0, 0.1) is 6.92 Å². The van der Waals surface area contributed by atoms with Crippen molar-refractivity contribution in [2.45, 2.75) is 19.9 Å². The maximum atomic E-state index is 12.3. The number of pyridine rings is 1. The van der Waals surface area contributed by atoms with E-state index in [0.29, 0.717) is 23.7 Å². The van der Waals surface area contributed by atoms with E-state index >= 15 is 0 Å². The predicted octanol–water partition coefficient (Wildman–Crippen LogP) is 4.20. The number of ether oxygens (including phenoxy) is 2. The lowest BCUT2D eigenvalue weighted by atomic mass is 10.1. The molecule has 6 heteroatoms. The highest BCUT2D eigenvalue weighted by Crippen LogP contribution is 2.27. The molecule has 0 aliphatic carbocycles. The number of benzene rings is 2. The summed E-state index contributed by atoms with van der Waals surface area (Å²) in [6, 6.07) is 17.5. The summed E-state index contributed by atoms with van der Waals surface area (Å²) in [7, 11) is 3.15. The Morgan fingerprint density at radius 2 is 1.66 bits per heavy atom. The molecular formula is C23H25N3O3. The van der Waals surface area contributed by atoms with Crippen LogP contribution in [-0.2, 0) is 17.8 Å². The van der Waals surface area contributed by atoms with Crippen LogP contribution in [0.15, 0.2) is 60.8 Å². The number of nitrogens with one attached hydrogen (secondary N) is 2. The van der Waals surface area contributed by atoms with Crippen molar-refractivity contribution >= 4 is 17.4 Å². The Hall–Kier alpha value is -3.54. The normalized spacial score (nSPS) is 10.3. The summed E-state index contributed by atoms with van der Waals surface area (Å²) in [5.74, 6) is 1.86. The van der Waals surface area contributed by atoms with Crippen LogP contribution in [0.4, 0.5) is 11.5 Å². The average Bonchev–Trinajstić information content (AvgIpc) is 2.74. The maximum absolute atomic E-state index is 12.3. The number of carbonyl (C=O) groups is 1. The van der Waals surface area contributed by atoms with Crippen LogP contribution < -0.4 is 20.1 Å². The van der Waals surface area contributed by atoms with Crippen molar-refractivity contribution in [1.82, 2.24) is 4.98 Å². The molecule has 6 nitrogen and oxygen atoms in total. The van der Waals surface area contributed by atoms with Gasteiger partial charge in [-0.05, 0) is 42.3 Å². The highest BCUT2D eigenvalue weighted by Gasteiger charge is 2.09. The first-order valence-corrected chi connectivity index (χ1v) is 9.33. The first-order chi connectivity index (χ1) is 14.1. The fraction of sp³-hybridized carbons (Fsp3) is 0.217. The smallest absolute Gasteiger partial charge is 0.228 e. The highest BCUT2D eigenvalue weighted by atomic mass is 16.5. The Morgan fingerprint density at radius 1 is 0.931 bits per heavy atom. The zero-order chi connectivity index (χ0) is 20.6. The first-order valence-electron chi connectivity index (χ1n) is 9.33. The van der Waals surface area contributed by atoms with Gasteiger partial charge in [-0.15, -0.1) is 0 Å². The van der Waals surface area contributed by atoms with Crippen molar-refractivity contribution in [2.24, 2.45) is 0 Å². The average molecular weight is 391 g/mol. The Labute approximate surface area is 170 Å². The number of aromatic nitrogens is 1. The van der Waals surface area contributed by atoms with Gasteiger partial charge in [-0.3, -0.25) is 4.79 Å². The summed E-state index contributed by atoms with van der Waals surface area (Å²) < 4.78 is 10.5. The molecule has 0 saturated heterocycles. The van der Waals surface area contributed by atoms with E-state index in [1.807, 2.05) is 18.2 Å². The summed E-state index contributed by atoms with van der Waals surface area (Å²) in [5, 5.41) is 6.14. The number of carbonyl (C=O) groups excluding carboxylic acids is 1. The van der Waals surface area contributed by atoms with Gasteiger partial charge in [0.1, 0.15) is 5.82 Å². The van der Waals surface area contributed by atoms with Gasteiger partial charge in [0, 0.05) is 6.54 Å². The lowest BCUT2D eigenvalue weighted by Gasteiger charge is -2.10. The summed E-state index contributed by atoms with van der Waals surface area (Å²) in [5.41, 5.74) is 3.91. The van der Waals surface area contributed by atoms with E-state index in [1.165, 1.54) is 11.1 Å². The van der Waals surface area contributed by atoms with Crippen LogP contribution in [0.25, 0.3) is 0 Å². The topological polar surface area (TPSA) is 72.5 Å². The monoisotopic (exact) mass is 391 g/mol. The molecule has 150 valence electrons. The Kier molecular flexibility index (Phi) is 6.68. The zero-order valence-electron chi connectivity index (χ0n) is 16.9. The second-order valence-corrected chi connectivity index (χ2v) is 6.69. The third-order valence-electron chi connectivity index (χ3n) is 4.45. The Morgan fingerprint density at radius 3 is 2.31 bits per heavy atom. The van der Waals surface area contributed by atoms with Gasteiger partial charge in [-0.2, -0.15) is 0 Å². The van der Waals surface area contributed by atoms with Crippen LogP contribution in [0.3, 0.4) is 0 Å². The molecule has 0 spiro atoms. The molecule has 0 aliphatic heterocycles. The molecule has 0 saturated carbocycles. The second-order valence-electron chi connectivity index (χ2n) is 6.69. The third kappa shape index (κ3) is 5.72. The number of hydrogen-bond acceptors (Lipinski definition) is 5. The molecule has 0 radical (unpaired) electrons. The molecular weight excluding hydrogens is 366 g/mol. The van der Waals surface area contributed by atoms with E-state index in [1.54, 1.807) is 32.5 Å². The first kappa shape index (κ1) is 20.2. The van der Waals surface area contributed by atoms with Crippen LogP contribution in [0.5, 0.6) is 11.5 Å². The van der Waals surface area contributed by atoms with Gasteiger partial charge >= 0.3 is 0 Å². The van der Waals surface area contributed by atoms with E-state index < -0.39 is 0 Å². The number of hydrogen-bond donors (Lipinski definition) is 2. The highest BCUT2D eigenvalue weighted by molar-refractivity contribution is 5.92. The predicted molar refractivity (Wildman–Crippen MR) is 115 cm³/mol. The van der Waals surface area contributed by atoms with Gasteiger partial charge in [-0.25, -0.2) is 4.98 Å². The molecule has 0 unspecified atom stereocenters. The SMILES string of the molecule is COc1ccc(CC(=O)Nc2ccc(NCc3ccc(C)cc3)nc2)cc1OC. The Balaban J connectivity index is 1.53. The van der Waals surface area contributed by atoms with Crippen molar-refractivity contribution in [1.29, 1.82) is 0 Å². The summed E-state index contributed by atoms with van der Waals surface area (Å²) in [6.07, 6.45) is 1.87. The van der Waals surface area contributed by atoms with Crippen molar-refractivity contribution in [3.63, 3.8) is 0 Å². The second kappa shape index (κ2) is 9.59. The molecule has 1 aromatic heterocycles. The number of rotatable bonds is 8. The molecule has 3 aromatic rings. The zero-order valence-corrected chi connectivity index (χ0v) is 16.9. The lowest BCUT2D eigenvalue weighted by molar-refractivity contribution is -0.115. The largest absolute Gasteiger partial charge is 0.493 e. The van der Waals surface area contributed by atoms with Gasteiger partial charge in [-0.1, -0.05) is 35.9 Å². The standard InChI is InChI=1S/C23H25N3O3/c1-16-4-6-17(7-5-16)14-24-22-11-9-19(15-25-22)26-23(27)13-18-8-10-20(28-2)21(12-18)29-3/h4-12,15H,13-14H2,1-3H3,(H,24,25)(H,26,27). The van der Waals surface area contributed by atoms with Gasteiger partial charge in [0.15, 0.2) is 11.5 Å². The minimum Gasteiger partial charge on any atom is -0.493 e. The van der Waals surface area contributed by atoms with Crippen molar-refractivity contribution in [2.75, 3.05) is 24.9 Å². The van der Waals surface area contributed by atoms with Gasteiger partial charge < -0.3 is 20.1 Å². The third-order valence-corrected chi connectivity index (χ3v) is 4.45. The summed E-state index contributed by atoms with van der Waals surface area (Å²) in [4.78, 5) is 16.7. The number of anilines is 2. The molecule has 0 fully saturated rings.